The highest BCUT2D eigenvalue weighted by Gasteiger charge is 2.25. The van der Waals surface area contributed by atoms with Crippen molar-refractivity contribution < 1.29 is 9.53 Å². The van der Waals surface area contributed by atoms with Crippen molar-refractivity contribution >= 4 is 5.91 Å². The predicted molar refractivity (Wildman–Crippen MR) is 108 cm³/mol. The number of terminal acetylenes is 1. The Kier molecular flexibility index (Phi) is 6.51. The maximum absolute atomic E-state index is 12.2. The van der Waals surface area contributed by atoms with Gasteiger partial charge in [0, 0.05) is 18.7 Å². The number of hydrogen-bond acceptors (Lipinski definition) is 3. The number of nitrogens with zero attached hydrogens (tertiary/aromatic N) is 1. The third-order valence-corrected chi connectivity index (χ3v) is 4.99. The number of piperidine rings is 1. The summed E-state index contributed by atoms with van der Waals surface area (Å²) in [4.78, 5) is 14.6. The molecule has 0 saturated carbocycles. The summed E-state index contributed by atoms with van der Waals surface area (Å²) in [5.41, 5.74) is 3.47. The Morgan fingerprint density at radius 3 is 2.96 bits per heavy atom. The van der Waals surface area contributed by atoms with Gasteiger partial charge in [-0.2, -0.15) is 0 Å². The Bertz CT molecular complexity index is 825. The van der Waals surface area contributed by atoms with Gasteiger partial charge >= 0.3 is 0 Å². The first-order valence-electron chi connectivity index (χ1n) is 9.37. The first-order valence-corrected chi connectivity index (χ1v) is 9.37. The van der Waals surface area contributed by atoms with Crippen molar-refractivity contribution in [3.8, 4) is 29.2 Å². The van der Waals surface area contributed by atoms with E-state index in [1.54, 1.807) is 7.11 Å². The van der Waals surface area contributed by atoms with Crippen LogP contribution in [0.4, 0.5) is 0 Å². The van der Waals surface area contributed by atoms with Crippen LogP contribution in [0.25, 0.3) is 11.1 Å². The summed E-state index contributed by atoms with van der Waals surface area (Å²) in [6.45, 7) is 2.92. The van der Waals surface area contributed by atoms with E-state index < -0.39 is 0 Å². The van der Waals surface area contributed by atoms with Crippen molar-refractivity contribution in [3.05, 3.63) is 54.1 Å². The fraction of sp³-hybridized carbons (Fsp3) is 0.348. The normalized spacial score (nSPS) is 17.1. The van der Waals surface area contributed by atoms with Gasteiger partial charge in [-0.3, -0.25) is 9.69 Å². The topological polar surface area (TPSA) is 41.6 Å². The van der Waals surface area contributed by atoms with Crippen molar-refractivity contribution in [1.29, 1.82) is 0 Å². The largest absolute Gasteiger partial charge is 0.496 e. The van der Waals surface area contributed by atoms with Gasteiger partial charge in [-0.05, 0) is 42.6 Å². The number of amides is 1. The molecule has 1 amide bonds. The van der Waals surface area contributed by atoms with E-state index in [2.05, 4.69) is 46.5 Å². The molecule has 1 fully saturated rings. The van der Waals surface area contributed by atoms with Crippen molar-refractivity contribution in [2.45, 2.75) is 19.4 Å². The lowest BCUT2D eigenvalue weighted by molar-refractivity contribution is -0.126. The number of nitrogens with one attached hydrogen (secondary N) is 1. The summed E-state index contributed by atoms with van der Waals surface area (Å²) < 4.78 is 5.49. The average Bonchev–Trinajstić information content (AvgIpc) is 2.72. The van der Waals surface area contributed by atoms with Gasteiger partial charge in [0.05, 0.1) is 19.6 Å². The SMILES string of the molecule is C#CCNC(=O)C1CCCN(Cc2cccc(-c3ccccc3OC)c2)C1. The van der Waals surface area contributed by atoms with Crippen molar-refractivity contribution in [1.82, 2.24) is 10.2 Å². The fourth-order valence-electron chi connectivity index (χ4n) is 3.67. The molecule has 2 aromatic carbocycles. The summed E-state index contributed by atoms with van der Waals surface area (Å²) in [7, 11) is 1.70. The van der Waals surface area contributed by atoms with Crippen LogP contribution in [0.1, 0.15) is 18.4 Å². The molecule has 0 bridgehead atoms. The standard InChI is InChI=1S/C23H26N2O2/c1-3-13-24-23(26)20-10-7-14-25(17-20)16-18-8-6-9-19(15-18)21-11-4-5-12-22(21)27-2/h1,4-6,8-9,11-12,15,20H,7,10,13-14,16-17H2,2H3,(H,24,26). The predicted octanol–water partition coefficient (Wildman–Crippen LogP) is 3.32. The minimum absolute atomic E-state index is 0.0181. The Balaban J connectivity index is 1.69. The molecule has 1 heterocycles. The third-order valence-electron chi connectivity index (χ3n) is 4.99. The number of likely N-dealkylation sites (tertiary alicyclic amines) is 1. The monoisotopic (exact) mass is 362 g/mol. The smallest absolute Gasteiger partial charge is 0.225 e. The second kappa shape index (κ2) is 9.25. The van der Waals surface area contributed by atoms with E-state index in [1.165, 1.54) is 5.56 Å². The van der Waals surface area contributed by atoms with E-state index >= 15 is 0 Å². The Morgan fingerprint density at radius 1 is 1.30 bits per heavy atom. The van der Waals surface area contributed by atoms with Crippen LogP contribution in [-0.4, -0.2) is 37.6 Å². The van der Waals surface area contributed by atoms with Crippen molar-refractivity contribution in [3.63, 3.8) is 0 Å². The highest BCUT2D eigenvalue weighted by Crippen LogP contribution is 2.30. The molecule has 140 valence electrons. The van der Waals surface area contributed by atoms with Crippen LogP contribution < -0.4 is 10.1 Å². The first kappa shape index (κ1) is 19.0. The average molecular weight is 362 g/mol. The summed E-state index contributed by atoms with van der Waals surface area (Å²) in [6, 6.07) is 16.6. The molecular formula is C23H26N2O2. The lowest BCUT2D eigenvalue weighted by Crippen LogP contribution is -2.42. The van der Waals surface area contributed by atoms with Crippen LogP contribution in [0.5, 0.6) is 5.75 Å². The quantitative estimate of drug-likeness (QED) is 0.802. The minimum atomic E-state index is 0.0181. The molecule has 4 heteroatoms. The summed E-state index contributed by atoms with van der Waals surface area (Å²) in [5, 5.41) is 2.81. The van der Waals surface area contributed by atoms with Crippen LogP contribution in [0.15, 0.2) is 48.5 Å². The van der Waals surface area contributed by atoms with Gasteiger partial charge in [-0.25, -0.2) is 0 Å². The molecule has 0 spiro atoms. The van der Waals surface area contributed by atoms with Gasteiger partial charge in [0.1, 0.15) is 5.75 Å². The summed E-state index contributed by atoms with van der Waals surface area (Å²) in [6.07, 6.45) is 7.19. The Hall–Kier alpha value is -2.77. The number of rotatable bonds is 6. The molecule has 1 aliphatic rings. The van der Waals surface area contributed by atoms with Crippen LogP contribution in [0.2, 0.25) is 0 Å². The number of carbonyl (C=O) groups excluding carboxylic acids is 1. The van der Waals surface area contributed by atoms with Gasteiger partial charge in [0.15, 0.2) is 0 Å². The highest BCUT2D eigenvalue weighted by molar-refractivity contribution is 5.79. The van der Waals surface area contributed by atoms with Gasteiger partial charge < -0.3 is 10.1 Å². The zero-order chi connectivity index (χ0) is 19.1. The first-order chi connectivity index (χ1) is 13.2. The molecule has 4 nitrogen and oxygen atoms in total. The third kappa shape index (κ3) is 4.90. The van der Waals surface area contributed by atoms with E-state index in [1.807, 2.05) is 18.2 Å². The fourth-order valence-corrected chi connectivity index (χ4v) is 3.67. The van der Waals surface area contributed by atoms with Crippen LogP contribution in [0.3, 0.4) is 0 Å². The molecule has 1 atom stereocenters. The van der Waals surface area contributed by atoms with Crippen LogP contribution >= 0.6 is 0 Å². The number of para-hydroxylation sites is 1. The Labute approximate surface area is 161 Å². The number of methoxy groups -OCH3 is 1. The lowest BCUT2D eigenvalue weighted by atomic mass is 9.96. The maximum atomic E-state index is 12.2. The molecule has 3 rings (SSSR count). The molecule has 1 saturated heterocycles. The summed E-state index contributed by atoms with van der Waals surface area (Å²) in [5.74, 6) is 3.42. The Morgan fingerprint density at radius 2 is 2.15 bits per heavy atom. The van der Waals surface area contributed by atoms with Gasteiger partial charge in [0.25, 0.3) is 0 Å². The summed E-state index contributed by atoms with van der Waals surface area (Å²) >= 11 is 0. The van der Waals surface area contributed by atoms with Crippen molar-refractivity contribution in [2.24, 2.45) is 5.92 Å². The molecule has 1 aliphatic heterocycles. The second-order valence-electron chi connectivity index (χ2n) is 6.90. The van der Waals surface area contributed by atoms with E-state index in [0.29, 0.717) is 6.54 Å². The molecule has 2 aromatic rings. The van der Waals surface area contributed by atoms with Crippen LogP contribution in [-0.2, 0) is 11.3 Å². The van der Waals surface area contributed by atoms with Crippen molar-refractivity contribution in [2.75, 3.05) is 26.7 Å². The molecular weight excluding hydrogens is 336 g/mol. The van der Waals surface area contributed by atoms with Gasteiger partial charge in [-0.1, -0.05) is 42.3 Å². The zero-order valence-electron chi connectivity index (χ0n) is 15.8. The number of benzene rings is 2. The highest BCUT2D eigenvalue weighted by atomic mass is 16.5. The number of carbonyl (C=O) groups is 1. The second-order valence-corrected chi connectivity index (χ2v) is 6.90. The van der Waals surface area contributed by atoms with E-state index in [-0.39, 0.29) is 11.8 Å². The van der Waals surface area contributed by atoms with E-state index in [4.69, 9.17) is 11.2 Å². The maximum Gasteiger partial charge on any atom is 0.225 e. The zero-order valence-corrected chi connectivity index (χ0v) is 15.8. The van der Waals surface area contributed by atoms with Crippen LogP contribution in [0, 0.1) is 18.3 Å². The molecule has 0 aliphatic carbocycles. The molecule has 1 unspecified atom stereocenters. The van der Waals surface area contributed by atoms with Gasteiger partial charge in [0.2, 0.25) is 5.91 Å². The number of hydrogen-bond donors (Lipinski definition) is 1. The van der Waals surface area contributed by atoms with E-state index in [0.717, 1.165) is 49.4 Å². The molecule has 1 N–H and O–H groups in total. The van der Waals surface area contributed by atoms with Gasteiger partial charge in [-0.15, -0.1) is 6.42 Å². The lowest BCUT2D eigenvalue weighted by Gasteiger charge is -2.32. The number of ether oxygens (including phenoxy) is 1. The van der Waals surface area contributed by atoms with E-state index in [9.17, 15) is 4.79 Å². The molecule has 0 radical (unpaired) electrons. The molecule has 27 heavy (non-hydrogen) atoms. The minimum Gasteiger partial charge on any atom is -0.496 e. The molecule has 0 aromatic heterocycles.